The van der Waals surface area contributed by atoms with E-state index in [0.717, 1.165) is 35.2 Å². The Hall–Kier alpha value is -1.59. The van der Waals surface area contributed by atoms with Crippen LogP contribution in [0.4, 0.5) is 0 Å². The van der Waals surface area contributed by atoms with Crippen LogP contribution in [-0.2, 0) is 19.5 Å². The van der Waals surface area contributed by atoms with Crippen LogP contribution in [0.2, 0.25) is 5.02 Å². The molecule has 1 aliphatic heterocycles. The van der Waals surface area contributed by atoms with Crippen LogP contribution in [0.3, 0.4) is 0 Å². The van der Waals surface area contributed by atoms with Crippen molar-refractivity contribution in [2.45, 2.75) is 19.5 Å². The monoisotopic (exact) mass is 278 g/mol. The summed E-state index contributed by atoms with van der Waals surface area (Å²) in [5.74, 6) is 1.73. The minimum Gasteiger partial charge on any atom is -0.493 e. The number of hydrogen-bond acceptors (Lipinski definition) is 4. The summed E-state index contributed by atoms with van der Waals surface area (Å²) in [7, 11) is 1.87. The van der Waals surface area contributed by atoms with Gasteiger partial charge in [0.2, 0.25) is 0 Å². The van der Waals surface area contributed by atoms with Crippen LogP contribution in [0.5, 0.6) is 5.75 Å². The molecule has 100 valence electrons. The minimum atomic E-state index is 0.625. The fourth-order valence-corrected chi connectivity index (χ4v) is 2.55. The van der Waals surface area contributed by atoms with Gasteiger partial charge in [-0.15, -0.1) is 0 Å². The number of aromatic nitrogens is 3. The zero-order valence-corrected chi connectivity index (χ0v) is 11.4. The molecule has 6 heteroatoms. The zero-order valence-electron chi connectivity index (χ0n) is 10.7. The van der Waals surface area contributed by atoms with Gasteiger partial charge in [-0.05, 0) is 24.7 Å². The molecule has 0 bridgehead atoms. The summed E-state index contributed by atoms with van der Waals surface area (Å²) < 4.78 is 7.48. The van der Waals surface area contributed by atoms with E-state index in [1.54, 1.807) is 11.0 Å². The molecule has 0 fully saturated rings. The number of hydrogen-bond donors (Lipinski definition) is 1. The van der Waals surface area contributed by atoms with Gasteiger partial charge in [0.25, 0.3) is 0 Å². The van der Waals surface area contributed by atoms with Gasteiger partial charge < -0.3 is 10.1 Å². The highest BCUT2D eigenvalue weighted by Crippen LogP contribution is 2.33. The van der Waals surface area contributed by atoms with Crippen LogP contribution < -0.4 is 10.1 Å². The summed E-state index contributed by atoms with van der Waals surface area (Å²) in [6.07, 6.45) is 2.65. The Morgan fingerprint density at radius 1 is 1.47 bits per heavy atom. The molecule has 3 rings (SSSR count). The summed E-state index contributed by atoms with van der Waals surface area (Å²) in [5, 5.41) is 8.17. The van der Waals surface area contributed by atoms with Gasteiger partial charge in [-0.25, -0.2) is 9.67 Å². The molecule has 1 aliphatic rings. The normalized spacial score (nSPS) is 13.4. The van der Waals surface area contributed by atoms with E-state index in [-0.39, 0.29) is 0 Å². The molecule has 2 aromatic rings. The van der Waals surface area contributed by atoms with Gasteiger partial charge in [0.15, 0.2) is 5.82 Å². The second-order valence-corrected chi connectivity index (χ2v) is 4.98. The maximum absolute atomic E-state index is 6.14. The van der Waals surface area contributed by atoms with Crippen molar-refractivity contribution < 1.29 is 4.74 Å². The van der Waals surface area contributed by atoms with Crippen molar-refractivity contribution in [1.29, 1.82) is 0 Å². The zero-order chi connectivity index (χ0) is 13.2. The van der Waals surface area contributed by atoms with Crippen LogP contribution in [-0.4, -0.2) is 28.4 Å². The lowest BCUT2D eigenvalue weighted by Crippen LogP contribution is -2.08. The quantitative estimate of drug-likeness (QED) is 0.924. The highest BCUT2D eigenvalue weighted by atomic mass is 35.5. The van der Waals surface area contributed by atoms with Crippen molar-refractivity contribution in [3.8, 4) is 5.75 Å². The molecule has 1 N–H and O–H groups in total. The number of nitrogens with zero attached hydrogens (tertiary/aromatic N) is 3. The second-order valence-electron chi connectivity index (χ2n) is 4.54. The summed E-state index contributed by atoms with van der Waals surface area (Å²) in [4.78, 5) is 4.23. The Morgan fingerprint density at radius 3 is 3.21 bits per heavy atom. The molecule has 19 heavy (non-hydrogen) atoms. The van der Waals surface area contributed by atoms with E-state index in [0.29, 0.717) is 13.1 Å². The maximum Gasteiger partial charge on any atom is 0.164 e. The standard InChI is InChI=1S/C13H15ClN4O/c1-15-6-12-16-8-18(17-12)7-10-5-11(14)4-9-2-3-19-13(9)10/h4-5,8,15H,2-3,6-7H2,1H3. The van der Waals surface area contributed by atoms with Gasteiger partial charge in [0, 0.05) is 17.0 Å². The molecular formula is C13H15ClN4O. The first-order valence-electron chi connectivity index (χ1n) is 6.23. The van der Waals surface area contributed by atoms with Crippen molar-refractivity contribution in [2.24, 2.45) is 0 Å². The van der Waals surface area contributed by atoms with Crippen molar-refractivity contribution in [3.05, 3.63) is 40.4 Å². The van der Waals surface area contributed by atoms with E-state index in [1.165, 1.54) is 5.56 Å². The maximum atomic E-state index is 6.14. The topological polar surface area (TPSA) is 52.0 Å². The highest BCUT2D eigenvalue weighted by Gasteiger charge is 2.18. The lowest BCUT2D eigenvalue weighted by atomic mass is 10.1. The molecule has 1 aromatic carbocycles. The fraction of sp³-hybridized carbons (Fsp3) is 0.385. The third-order valence-corrected chi connectivity index (χ3v) is 3.29. The number of rotatable bonds is 4. The molecule has 5 nitrogen and oxygen atoms in total. The average molecular weight is 279 g/mol. The first kappa shape index (κ1) is 12.4. The molecule has 0 aliphatic carbocycles. The molecular weight excluding hydrogens is 264 g/mol. The lowest BCUT2D eigenvalue weighted by molar-refractivity contribution is 0.352. The molecule has 2 heterocycles. The predicted octanol–water partition coefficient (Wildman–Crippen LogP) is 1.63. The van der Waals surface area contributed by atoms with E-state index < -0.39 is 0 Å². The van der Waals surface area contributed by atoms with Crippen LogP contribution in [0.1, 0.15) is 17.0 Å². The lowest BCUT2D eigenvalue weighted by Gasteiger charge is -2.08. The fourth-order valence-electron chi connectivity index (χ4n) is 2.29. The largest absolute Gasteiger partial charge is 0.493 e. The van der Waals surface area contributed by atoms with Gasteiger partial charge in [-0.3, -0.25) is 0 Å². The molecule has 0 radical (unpaired) electrons. The van der Waals surface area contributed by atoms with Crippen LogP contribution in [0.15, 0.2) is 18.5 Å². The third-order valence-electron chi connectivity index (χ3n) is 3.08. The van der Waals surface area contributed by atoms with Gasteiger partial charge in [-0.1, -0.05) is 11.6 Å². The summed E-state index contributed by atoms with van der Waals surface area (Å²) >= 11 is 6.14. The number of halogens is 1. The highest BCUT2D eigenvalue weighted by molar-refractivity contribution is 6.30. The minimum absolute atomic E-state index is 0.625. The molecule has 1 aromatic heterocycles. The van der Waals surface area contributed by atoms with Gasteiger partial charge in [-0.2, -0.15) is 5.10 Å². The first-order chi connectivity index (χ1) is 9.26. The van der Waals surface area contributed by atoms with Crippen molar-refractivity contribution in [2.75, 3.05) is 13.7 Å². The van der Waals surface area contributed by atoms with Gasteiger partial charge in [0.1, 0.15) is 12.1 Å². The summed E-state index contributed by atoms with van der Waals surface area (Å²) in [6, 6.07) is 3.91. The van der Waals surface area contributed by atoms with E-state index in [2.05, 4.69) is 15.4 Å². The predicted molar refractivity (Wildman–Crippen MR) is 72.5 cm³/mol. The molecule has 0 amide bonds. The Balaban J connectivity index is 1.86. The number of fused-ring (bicyclic) bond motifs is 1. The average Bonchev–Trinajstić information content (AvgIpc) is 2.98. The summed E-state index contributed by atoms with van der Waals surface area (Å²) in [5.41, 5.74) is 2.24. The van der Waals surface area contributed by atoms with Crippen LogP contribution in [0.25, 0.3) is 0 Å². The Kier molecular flexibility index (Phi) is 3.40. The first-order valence-corrected chi connectivity index (χ1v) is 6.61. The molecule has 0 atom stereocenters. The van der Waals surface area contributed by atoms with E-state index >= 15 is 0 Å². The van der Waals surface area contributed by atoms with Crippen molar-refractivity contribution in [1.82, 2.24) is 20.1 Å². The second kappa shape index (κ2) is 5.19. The van der Waals surface area contributed by atoms with Crippen LogP contribution in [0, 0.1) is 0 Å². The SMILES string of the molecule is CNCc1ncn(Cc2cc(Cl)cc3c2OCC3)n1. The van der Waals surface area contributed by atoms with Crippen LogP contribution >= 0.6 is 11.6 Å². The summed E-state index contributed by atoms with van der Waals surface area (Å²) in [6.45, 7) is 2.02. The third kappa shape index (κ3) is 2.57. The smallest absolute Gasteiger partial charge is 0.164 e. The Labute approximate surface area is 116 Å². The Morgan fingerprint density at radius 2 is 2.37 bits per heavy atom. The Bertz CT molecular complexity index is 596. The van der Waals surface area contributed by atoms with Crippen molar-refractivity contribution in [3.63, 3.8) is 0 Å². The number of benzene rings is 1. The van der Waals surface area contributed by atoms with Gasteiger partial charge >= 0.3 is 0 Å². The van der Waals surface area contributed by atoms with E-state index in [4.69, 9.17) is 16.3 Å². The van der Waals surface area contributed by atoms with E-state index in [9.17, 15) is 0 Å². The van der Waals surface area contributed by atoms with Gasteiger partial charge in [0.05, 0.1) is 19.7 Å². The number of nitrogens with one attached hydrogen (secondary N) is 1. The molecule has 0 saturated heterocycles. The molecule has 0 unspecified atom stereocenters. The van der Waals surface area contributed by atoms with Crippen molar-refractivity contribution >= 4 is 11.6 Å². The molecule has 0 saturated carbocycles. The molecule has 0 spiro atoms. The number of ether oxygens (including phenoxy) is 1. The van der Waals surface area contributed by atoms with E-state index in [1.807, 2.05) is 19.2 Å².